The van der Waals surface area contributed by atoms with Crippen molar-refractivity contribution in [3.05, 3.63) is 59.9 Å². The van der Waals surface area contributed by atoms with Crippen LogP contribution in [0.2, 0.25) is 0 Å². The lowest BCUT2D eigenvalue weighted by Crippen LogP contribution is -2.54. The summed E-state index contributed by atoms with van der Waals surface area (Å²) in [6.45, 7) is 3.65. The van der Waals surface area contributed by atoms with E-state index in [9.17, 15) is 14.0 Å². The van der Waals surface area contributed by atoms with Gasteiger partial charge in [-0.15, -0.1) is 0 Å². The molecule has 0 aromatic heterocycles. The van der Waals surface area contributed by atoms with E-state index in [4.69, 9.17) is 0 Å². The van der Waals surface area contributed by atoms with Crippen LogP contribution < -0.4 is 10.2 Å². The van der Waals surface area contributed by atoms with Crippen molar-refractivity contribution in [1.29, 1.82) is 0 Å². The van der Waals surface area contributed by atoms with Crippen molar-refractivity contribution >= 4 is 23.2 Å². The number of para-hydroxylation sites is 1. The molecule has 2 aromatic carbocycles. The quantitative estimate of drug-likeness (QED) is 0.882. The summed E-state index contributed by atoms with van der Waals surface area (Å²) in [5.41, 5.74) is 1.78. The molecule has 0 radical (unpaired) electrons. The van der Waals surface area contributed by atoms with Crippen LogP contribution in [0.3, 0.4) is 0 Å². The Morgan fingerprint density at radius 1 is 1.07 bits per heavy atom. The van der Waals surface area contributed by atoms with Gasteiger partial charge >= 0.3 is 0 Å². The number of amides is 2. The molecule has 1 N–H and O–H groups in total. The highest BCUT2D eigenvalue weighted by molar-refractivity contribution is 5.98. The van der Waals surface area contributed by atoms with Crippen LogP contribution in [0.25, 0.3) is 0 Å². The average Bonchev–Trinajstić information content (AvgIpc) is 3.53. The zero-order chi connectivity index (χ0) is 19.7. The molecule has 1 saturated carbocycles. The lowest BCUT2D eigenvalue weighted by Gasteiger charge is -2.41. The second kappa shape index (κ2) is 7.62. The minimum atomic E-state index is -0.242. The maximum absolute atomic E-state index is 14.1. The Morgan fingerprint density at radius 3 is 2.57 bits per heavy atom. The summed E-state index contributed by atoms with van der Waals surface area (Å²) in [5, 5.41) is 2.89. The SMILES string of the molecule is CC1CN(c2ccccc2F)CCN1C(=O)c1cccc(NC(=O)C2CC2)c1. The van der Waals surface area contributed by atoms with Crippen molar-refractivity contribution in [1.82, 2.24) is 4.90 Å². The fraction of sp³-hybridized carbons (Fsp3) is 0.364. The van der Waals surface area contributed by atoms with Gasteiger partial charge in [0.15, 0.2) is 0 Å². The van der Waals surface area contributed by atoms with Crippen LogP contribution >= 0.6 is 0 Å². The Hall–Kier alpha value is -2.89. The van der Waals surface area contributed by atoms with Gasteiger partial charge in [-0.05, 0) is 50.1 Å². The molecule has 0 spiro atoms. The number of carbonyl (C=O) groups is 2. The molecule has 28 heavy (non-hydrogen) atoms. The van der Waals surface area contributed by atoms with E-state index >= 15 is 0 Å². The van der Waals surface area contributed by atoms with Crippen molar-refractivity contribution in [2.75, 3.05) is 29.9 Å². The Kier molecular flexibility index (Phi) is 5.03. The number of piperazine rings is 1. The Bertz CT molecular complexity index is 897. The van der Waals surface area contributed by atoms with E-state index in [1.54, 1.807) is 36.4 Å². The molecule has 1 aliphatic heterocycles. The molecule has 4 rings (SSSR count). The monoisotopic (exact) mass is 381 g/mol. The fourth-order valence-electron chi connectivity index (χ4n) is 3.67. The number of hydrogen-bond donors (Lipinski definition) is 1. The van der Waals surface area contributed by atoms with Gasteiger partial charge in [-0.1, -0.05) is 18.2 Å². The number of carbonyl (C=O) groups excluding carboxylic acids is 2. The van der Waals surface area contributed by atoms with Gasteiger partial charge in [-0.2, -0.15) is 0 Å². The van der Waals surface area contributed by atoms with Gasteiger partial charge < -0.3 is 15.1 Å². The second-order valence-corrected chi connectivity index (χ2v) is 7.59. The van der Waals surface area contributed by atoms with Gasteiger partial charge in [-0.3, -0.25) is 9.59 Å². The summed E-state index contributed by atoms with van der Waals surface area (Å²) < 4.78 is 14.1. The lowest BCUT2D eigenvalue weighted by molar-refractivity contribution is -0.117. The zero-order valence-electron chi connectivity index (χ0n) is 15.9. The van der Waals surface area contributed by atoms with Gasteiger partial charge in [0, 0.05) is 42.8 Å². The number of hydrogen-bond acceptors (Lipinski definition) is 3. The Morgan fingerprint density at radius 2 is 1.86 bits per heavy atom. The number of nitrogens with zero attached hydrogens (tertiary/aromatic N) is 2. The van der Waals surface area contributed by atoms with Crippen molar-refractivity contribution in [3.63, 3.8) is 0 Å². The molecule has 0 bridgehead atoms. The van der Waals surface area contributed by atoms with Crippen molar-refractivity contribution in [2.24, 2.45) is 5.92 Å². The van der Waals surface area contributed by atoms with Crippen molar-refractivity contribution in [3.8, 4) is 0 Å². The van der Waals surface area contributed by atoms with Gasteiger partial charge in [0.05, 0.1) is 5.69 Å². The van der Waals surface area contributed by atoms with E-state index in [2.05, 4.69) is 5.32 Å². The minimum Gasteiger partial charge on any atom is -0.365 e. The highest BCUT2D eigenvalue weighted by Crippen LogP contribution is 2.30. The molecular weight excluding hydrogens is 357 g/mol. The fourth-order valence-corrected chi connectivity index (χ4v) is 3.67. The third-order valence-corrected chi connectivity index (χ3v) is 5.41. The number of halogens is 1. The van der Waals surface area contributed by atoms with Crippen LogP contribution in [0, 0.1) is 11.7 Å². The highest BCUT2D eigenvalue weighted by Gasteiger charge is 2.31. The summed E-state index contributed by atoms with van der Waals surface area (Å²) in [4.78, 5) is 28.8. The molecule has 146 valence electrons. The Balaban J connectivity index is 1.44. The van der Waals surface area contributed by atoms with E-state index < -0.39 is 0 Å². The summed E-state index contributed by atoms with van der Waals surface area (Å²) in [5.74, 6) is -0.168. The molecule has 1 unspecified atom stereocenters. The standard InChI is InChI=1S/C22H24FN3O2/c1-15-14-25(20-8-3-2-7-19(20)23)11-12-26(15)22(28)17-5-4-6-18(13-17)24-21(27)16-9-10-16/h2-8,13,15-16H,9-12,14H2,1H3,(H,24,27). The van der Waals surface area contributed by atoms with Crippen molar-refractivity contribution in [2.45, 2.75) is 25.8 Å². The maximum atomic E-state index is 14.1. The largest absolute Gasteiger partial charge is 0.365 e. The molecule has 6 heteroatoms. The zero-order valence-corrected chi connectivity index (χ0v) is 15.9. The van der Waals surface area contributed by atoms with Gasteiger partial charge in [-0.25, -0.2) is 4.39 Å². The minimum absolute atomic E-state index is 0.0245. The summed E-state index contributed by atoms with van der Waals surface area (Å²) in [7, 11) is 0. The van der Waals surface area contributed by atoms with Crippen LogP contribution in [0.4, 0.5) is 15.8 Å². The first kappa shape index (κ1) is 18.5. The van der Waals surface area contributed by atoms with Gasteiger partial charge in [0.25, 0.3) is 5.91 Å². The van der Waals surface area contributed by atoms with Crippen LogP contribution in [-0.2, 0) is 4.79 Å². The summed E-state index contributed by atoms with van der Waals surface area (Å²) in [6.07, 6.45) is 1.88. The number of rotatable bonds is 4. The van der Waals surface area contributed by atoms with E-state index in [0.717, 1.165) is 12.8 Å². The molecule has 1 aliphatic carbocycles. The smallest absolute Gasteiger partial charge is 0.254 e. The van der Waals surface area contributed by atoms with Crippen LogP contribution in [0.5, 0.6) is 0 Å². The van der Waals surface area contributed by atoms with E-state index in [1.165, 1.54) is 6.07 Å². The molecular formula is C22H24FN3O2. The predicted octanol–water partition coefficient (Wildman–Crippen LogP) is 3.53. The van der Waals surface area contributed by atoms with Crippen molar-refractivity contribution < 1.29 is 14.0 Å². The normalized spacial score (nSPS) is 19.4. The third kappa shape index (κ3) is 3.86. The lowest BCUT2D eigenvalue weighted by atomic mass is 10.1. The van der Waals surface area contributed by atoms with E-state index in [1.807, 2.05) is 22.8 Å². The average molecular weight is 381 g/mol. The van der Waals surface area contributed by atoms with Crippen LogP contribution in [0.15, 0.2) is 48.5 Å². The number of benzene rings is 2. The number of nitrogens with one attached hydrogen (secondary N) is 1. The highest BCUT2D eigenvalue weighted by atomic mass is 19.1. The first-order chi connectivity index (χ1) is 13.5. The third-order valence-electron chi connectivity index (χ3n) is 5.41. The Labute approximate surface area is 164 Å². The summed E-state index contributed by atoms with van der Waals surface area (Å²) in [6, 6.07) is 13.8. The van der Waals surface area contributed by atoms with E-state index in [-0.39, 0.29) is 29.6 Å². The topological polar surface area (TPSA) is 52.6 Å². The van der Waals surface area contributed by atoms with Gasteiger partial charge in [0.2, 0.25) is 5.91 Å². The van der Waals surface area contributed by atoms with Gasteiger partial charge in [0.1, 0.15) is 5.82 Å². The molecule has 5 nitrogen and oxygen atoms in total. The summed E-state index contributed by atoms with van der Waals surface area (Å²) >= 11 is 0. The second-order valence-electron chi connectivity index (χ2n) is 7.59. The molecule has 2 aromatic rings. The predicted molar refractivity (Wildman–Crippen MR) is 107 cm³/mol. The number of anilines is 2. The van der Waals surface area contributed by atoms with E-state index in [0.29, 0.717) is 36.6 Å². The van der Waals surface area contributed by atoms with Crippen LogP contribution in [-0.4, -0.2) is 42.4 Å². The first-order valence-electron chi connectivity index (χ1n) is 9.74. The van der Waals surface area contributed by atoms with Crippen LogP contribution in [0.1, 0.15) is 30.1 Å². The first-order valence-corrected chi connectivity index (χ1v) is 9.74. The maximum Gasteiger partial charge on any atom is 0.254 e. The molecule has 1 heterocycles. The molecule has 1 saturated heterocycles. The molecule has 2 fully saturated rings. The molecule has 2 aliphatic rings. The molecule has 2 amide bonds. The molecule has 1 atom stereocenters.